The Labute approximate surface area is 96.2 Å². The lowest BCUT2D eigenvalue weighted by atomic mass is 10.2. The Kier molecular flexibility index (Phi) is 5.26. The number of aliphatic imine (C=N–C) groups is 1. The molecule has 0 N–H and O–H groups in total. The van der Waals surface area contributed by atoms with Crippen molar-refractivity contribution in [1.82, 2.24) is 0 Å². The Bertz CT molecular complexity index is 357. The van der Waals surface area contributed by atoms with Gasteiger partial charge in [-0.05, 0) is 18.6 Å². The minimum atomic E-state index is -0.314. The van der Waals surface area contributed by atoms with Gasteiger partial charge in [-0.15, -0.1) is 0 Å². The molecule has 1 aromatic carbocycles. The highest BCUT2D eigenvalue weighted by Gasteiger charge is 2.03. The van der Waals surface area contributed by atoms with Gasteiger partial charge in [-0.25, -0.2) is 4.99 Å². The van der Waals surface area contributed by atoms with E-state index >= 15 is 0 Å². The van der Waals surface area contributed by atoms with Crippen LogP contribution < -0.4 is 0 Å². The summed E-state index contributed by atoms with van der Waals surface area (Å²) in [4.78, 5) is 15.2. The number of hydrogen-bond donors (Lipinski definition) is 0. The van der Waals surface area contributed by atoms with Crippen LogP contribution in [0.25, 0.3) is 0 Å². The Balaban J connectivity index is 2.74. The Morgan fingerprint density at radius 3 is 2.56 bits per heavy atom. The smallest absolute Gasteiger partial charge is 0.309 e. The van der Waals surface area contributed by atoms with Crippen molar-refractivity contribution in [2.75, 3.05) is 0 Å². The zero-order valence-electron chi connectivity index (χ0n) is 9.77. The van der Waals surface area contributed by atoms with E-state index in [1.807, 2.05) is 30.3 Å². The molecule has 0 aromatic heterocycles. The number of ether oxygens (including phenoxy) is 1. The Hall–Kier alpha value is -1.64. The quantitative estimate of drug-likeness (QED) is 0.442. The average Bonchev–Trinajstić information content (AvgIpc) is 2.26. The molecule has 0 spiro atoms. The summed E-state index contributed by atoms with van der Waals surface area (Å²) < 4.78 is 5.07. The normalized spacial score (nSPS) is 11.2. The standard InChI is InChI=1S/C13H17NO2/c1-3-4-10-13(16-11(2)15)14-12-8-6-5-7-9-12/h5-9H,3-4,10H2,1-2H3. The number of esters is 1. The molecule has 3 heteroatoms. The third-order valence-corrected chi connectivity index (χ3v) is 2.02. The molecule has 0 aliphatic heterocycles. The molecule has 0 fully saturated rings. The molecule has 0 amide bonds. The number of rotatable bonds is 4. The number of carbonyl (C=O) groups is 1. The van der Waals surface area contributed by atoms with Gasteiger partial charge in [0, 0.05) is 13.3 Å². The van der Waals surface area contributed by atoms with Crippen LogP contribution in [0.15, 0.2) is 35.3 Å². The lowest BCUT2D eigenvalue weighted by Gasteiger charge is -2.05. The molecule has 1 rings (SSSR count). The molecule has 0 heterocycles. The summed E-state index contributed by atoms with van der Waals surface area (Å²) in [6, 6.07) is 9.51. The molecule has 0 unspecified atom stereocenters. The van der Waals surface area contributed by atoms with Gasteiger partial charge in [-0.1, -0.05) is 31.5 Å². The van der Waals surface area contributed by atoms with Crippen LogP contribution in [0.5, 0.6) is 0 Å². The van der Waals surface area contributed by atoms with Crippen molar-refractivity contribution in [1.29, 1.82) is 0 Å². The second-order valence-electron chi connectivity index (χ2n) is 3.54. The minimum absolute atomic E-state index is 0.314. The maximum atomic E-state index is 10.9. The second kappa shape index (κ2) is 6.77. The Morgan fingerprint density at radius 2 is 2.00 bits per heavy atom. The van der Waals surface area contributed by atoms with E-state index in [0.29, 0.717) is 12.3 Å². The topological polar surface area (TPSA) is 38.7 Å². The van der Waals surface area contributed by atoms with E-state index in [2.05, 4.69) is 11.9 Å². The third kappa shape index (κ3) is 4.73. The van der Waals surface area contributed by atoms with E-state index in [1.165, 1.54) is 6.92 Å². The van der Waals surface area contributed by atoms with Crippen molar-refractivity contribution >= 4 is 17.6 Å². The fourth-order valence-corrected chi connectivity index (χ4v) is 1.27. The van der Waals surface area contributed by atoms with Crippen LogP contribution in [0.1, 0.15) is 33.1 Å². The SMILES string of the molecule is CCCCC(=Nc1ccccc1)OC(C)=O. The van der Waals surface area contributed by atoms with Gasteiger partial charge >= 0.3 is 5.97 Å². The van der Waals surface area contributed by atoms with Gasteiger partial charge in [0.05, 0.1) is 5.69 Å². The lowest BCUT2D eigenvalue weighted by molar-refractivity contribution is -0.133. The fraction of sp³-hybridized carbons (Fsp3) is 0.385. The number of unbranched alkanes of at least 4 members (excludes halogenated alkanes) is 1. The van der Waals surface area contributed by atoms with Crippen molar-refractivity contribution in [3.8, 4) is 0 Å². The molecule has 0 saturated heterocycles. The molecule has 16 heavy (non-hydrogen) atoms. The zero-order valence-corrected chi connectivity index (χ0v) is 9.77. The van der Waals surface area contributed by atoms with Crippen LogP contribution in [0, 0.1) is 0 Å². The monoisotopic (exact) mass is 219 g/mol. The molecule has 0 radical (unpaired) electrons. The van der Waals surface area contributed by atoms with E-state index in [0.717, 1.165) is 18.5 Å². The van der Waals surface area contributed by atoms with E-state index < -0.39 is 0 Å². The van der Waals surface area contributed by atoms with E-state index in [4.69, 9.17) is 4.74 Å². The first-order chi connectivity index (χ1) is 7.72. The highest BCUT2D eigenvalue weighted by molar-refractivity contribution is 5.89. The molecular weight excluding hydrogens is 202 g/mol. The second-order valence-corrected chi connectivity index (χ2v) is 3.54. The first kappa shape index (κ1) is 12.4. The molecule has 0 aliphatic rings. The van der Waals surface area contributed by atoms with Gasteiger partial charge in [-0.2, -0.15) is 0 Å². The summed E-state index contributed by atoms with van der Waals surface area (Å²) in [5, 5.41) is 0. The van der Waals surface area contributed by atoms with Crippen LogP contribution in [-0.2, 0) is 9.53 Å². The van der Waals surface area contributed by atoms with Crippen LogP contribution in [0.4, 0.5) is 5.69 Å². The number of nitrogens with zero attached hydrogens (tertiary/aromatic N) is 1. The van der Waals surface area contributed by atoms with Crippen LogP contribution in [-0.4, -0.2) is 11.9 Å². The first-order valence-corrected chi connectivity index (χ1v) is 5.53. The number of carbonyl (C=O) groups excluding carboxylic acids is 1. The van der Waals surface area contributed by atoms with Crippen molar-refractivity contribution in [2.45, 2.75) is 33.1 Å². The maximum Gasteiger partial charge on any atom is 0.309 e. The molecule has 0 aliphatic carbocycles. The van der Waals surface area contributed by atoms with E-state index in [9.17, 15) is 4.79 Å². The van der Waals surface area contributed by atoms with Gasteiger partial charge in [0.1, 0.15) is 0 Å². The summed E-state index contributed by atoms with van der Waals surface area (Å²) in [7, 11) is 0. The van der Waals surface area contributed by atoms with Gasteiger partial charge in [0.2, 0.25) is 0 Å². The zero-order chi connectivity index (χ0) is 11.8. The van der Waals surface area contributed by atoms with Crippen LogP contribution in [0.3, 0.4) is 0 Å². The molecule has 0 bridgehead atoms. The maximum absolute atomic E-state index is 10.9. The van der Waals surface area contributed by atoms with Crippen molar-refractivity contribution in [3.05, 3.63) is 30.3 Å². The summed E-state index contributed by atoms with van der Waals surface area (Å²) in [6.45, 7) is 3.49. The summed E-state index contributed by atoms with van der Waals surface area (Å²) in [5.41, 5.74) is 0.815. The van der Waals surface area contributed by atoms with Crippen molar-refractivity contribution < 1.29 is 9.53 Å². The molecule has 0 atom stereocenters. The van der Waals surface area contributed by atoms with Crippen LogP contribution in [0.2, 0.25) is 0 Å². The van der Waals surface area contributed by atoms with E-state index in [1.54, 1.807) is 0 Å². The molecule has 86 valence electrons. The summed E-state index contributed by atoms with van der Waals surface area (Å²) in [6.07, 6.45) is 2.72. The molecule has 1 aromatic rings. The number of benzene rings is 1. The van der Waals surface area contributed by atoms with E-state index in [-0.39, 0.29) is 5.97 Å². The average molecular weight is 219 g/mol. The first-order valence-electron chi connectivity index (χ1n) is 5.53. The molecule has 0 saturated carbocycles. The third-order valence-electron chi connectivity index (χ3n) is 2.02. The van der Waals surface area contributed by atoms with Crippen LogP contribution >= 0.6 is 0 Å². The fourth-order valence-electron chi connectivity index (χ4n) is 1.27. The molecular formula is C13H17NO2. The predicted molar refractivity (Wildman–Crippen MR) is 64.8 cm³/mol. The summed E-state index contributed by atoms with van der Waals surface area (Å²) in [5.74, 6) is 0.186. The lowest BCUT2D eigenvalue weighted by Crippen LogP contribution is -2.08. The van der Waals surface area contributed by atoms with Gasteiger partial charge in [-0.3, -0.25) is 4.79 Å². The summed E-state index contributed by atoms with van der Waals surface area (Å²) >= 11 is 0. The number of hydrogen-bond acceptors (Lipinski definition) is 3. The van der Waals surface area contributed by atoms with Gasteiger partial charge in [0.15, 0.2) is 5.90 Å². The minimum Gasteiger partial charge on any atom is -0.412 e. The highest BCUT2D eigenvalue weighted by Crippen LogP contribution is 2.12. The van der Waals surface area contributed by atoms with Gasteiger partial charge in [0.25, 0.3) is 0 Å². The van der Waals surface area contributed by atoms with Gasteiger partial charge < -0.3 is 4.74 Å². The Morgan fingerprint density at radius 1 is 1.31 bits per heavy atom. The van der Waals surface area contributed by atoms with Crippen molar-refractivity contribution in [2.24, 2.45) is 4.99 Å². The van der Waals surface area contributed by atoms with Crippen molar-refractivity contribution in [3.63, 3.8) is 0 Å². The number of para-hydroxylation sites is 1. The largest absolute Gasteiger partial charge is 0.412 e. The highest BCUT2D eigenvalue weighted by atomic mass is 16.5. The molecule has 3 nitrogen and oxygen atoms in total. The predicted octanol–water partition coefficient (Wildman–Crippen LogP) is 3.47.